The van der Waals surface area contributed by atoms with E-state index in [0.717, 1.165) is 12.8 Å². The van der Waals surface area contributed by atoms with Crippen molar-refractivity contribution < 1.29 is 14.7 Å². The lowest BCUT2D eigenvalue weighted by atomic mass is 10.1. The highest BCUT2D eigenvalue weighted by Gasteiger charge is 2.18. The molecule has 0 fully saturated rings. The molecule has 1 atom stereocenters. The summed E-state index contributed by atoms with van der Waals surface area (Å²) >= 11 is 0. The Morgan fingerprint density at radius 2 is 2.28 bits per heavy atom. The van der Waals surface area contributed by atoms with Crippen molar-refractivity contribution in [3.8, 4) is 0 Å². The van der Waals surface area contributed by atoms with E-state index in [4.69, 9.17) is 5.11 Å². The first kappa shape index (κ1) is 14.1. The molecule has 100 valence electrons. The summed E-state index contributed by atoms with van der Waals surface area (Å²) in [5.41, 5.74) is 0. The Bertz CT molecular complexity index is 378. The van der Waals surface area contributed by atoms with Crippen molar-refractivity contribution in [2.75, 3.05) is 0 Å². The van der Waals surface area contributed by atoms with Gasteiger partial charge in [0.1, 0.15) is 6.04 Å². The quantitative estimate of drug-likeness (QED) is 0.701. The van der Waals surface area contributed by atoms with E-state index >= 15 is 0 Å². The van der Waals surface area contributed by atoms with Gasteiger partial charge in [0.15, 0.2) is 0 Å². The molecular weight excluding hydrogens is 236 g/mol. The molecule has 0 aliphatic heterocycles. The fourth-order valence-electron chi connectivity index (χ4n) is 1.50. The molecular formula is C11H18N4O3. The second-order valence-electron chi connectivity index (χ2n) is 4.02. The molecule has 7 nitrogen and oxygen atoms in total. The van der Waals surface area contributed by atoms with Gasteiger partial charge in [-0.1, -0.05) is 25.0 Å². The molecule has 1 rings (SSSR count). The normalized spacial score (nSPS) is 12.1. The molecule has 0 aliphatic rings. The number of rotatable bonds is 8. The minimum absolute atomic E-state index is 0.194. The molecule has 1 aromatic heterocycles. The minimum Gasteiger partial charge on any atom is -0.480 e. The summed E-state index contributed by atoms with van der Waals surface area (Å²) in [6.07, 6.45) is 5.51. The average molecular weight is 254 g/mol. The van der Waals surface area contributed by atoms with Crippen molar-refractivity contribution in [2.45, 2.75) is 45.2 Å². The lowest BCUT2D eigenvalue weighted by molar-refractivity contribution is -0.142. The van der Waals surface area contributed by atoms with Gasteiger partial charge in [0.25, 0.3) is 0 Å². The number of carboxylic acids is 1. The molecule has 0 saturated heterocycles. The summed E-state index contributed by atoms with van der Waals surface area (Å²) in [5, 5.41) is 18.8. The van der Waals surface area contributed by atoms with Crippen molar-refractivity contribution in [2.24, 2.45) is 0 Å². The van der Waals surface area contributed by atoms with E-state index in [9.17, 15) is 9.59 Å². The number of aromatic nitrogens is 3. The van der Waals surface area contributed by atoms with Crippen LogP contribution in [0.5, 0.6) is 0 Å². The second kappa shape index (κ2) is 7.41. The van der Waals surface area contributed by atoms with Gasteiger partial charge in [-0.3, -0.25) is 9.48 Å². The molecule has 2 N–H and O–H groups in total. The number of amides is 1. The van der Waals surface area contributed by atoms with Crippen LogP contribution in [-0.2, 0) is 16.1 Å². The number of hydrogen-bond acceptors (Lipinski definition) is 4. The maximum atomic E-state index is 11.6. The fraction of sp³-hybridized carbons (Fsp3) is 0.636. The van der Waals surface area contributed by atoms with Gasteiger partial charge in [-0.2, -0.15) is 0 Å². The molecule has 0 saturated carbocycles. The Balaban J connectivity index is 2.34. The lowest BCUT2D eigenvalue weighted by Gasteiger charge is -2.13. The van der Waals surface area contributed by atoms with Crippen LogP contribution < -0.4 is 5.32 Å². The predicted molar refractivity (Wildman–Crippen MR) is 63.7 cm³/mol. The highest BCUT2D eigenvalue weighted by molar-refractivity contribution is 5.83. The fourth-order valence-corrected chi connectivity index (χ4v) is 1.50. The second-order valence-corrected chi connectivity index (χ2v) is 4.02. The zero-order valence-electron chi connectivity index (χ0n) is 10.4. The number of carbonyl (C=O) groups excluding carboxylic acids is 1. The third-order valence-electron chi connectivity index (χ3n) is 2.52. The molecule has 1 heterocycles. The van der Waals surface area contributed by atoms with Crippen molar-refractivity contribution in [3.63, 3.8) is 0 Å². The van der Waals surface area contributed by atoms with Gasteiger partial charge in [-0.05, 0) is 6.42 Å². The molecule has 7 heteroatoms. The Morgan fingerprint density at radius 1 is 1.50 bits per heavy atom. The van der Waals surface area contributed by atoms with E-state index in [1.54, 1.807) is 6.20 Å². The van der Waals surface area contributed by atoms with E-state index < -0.39 is 12.0 Å². The van der Waals surface area contributed by atoms with Crippen LogP contribution in [0.25, 0.3) is 0 Å². The first-order valence-corrected chi connectivity index (χ1v) is 5.99. The molecule has 1 aromatic rings. The van der Waals surface area contributed by atoms with Crippen LogP contribution in [0.2, 0.25) is 0 Å². The van der Waals surface area contributed by atoms with E-state index in [-0.39, 0.29) is 12.3 Å². The predicted octanol–water partition coefficient (Wildman–Crippen LogP) is 0.428. The van der Waals surface area contributed by atoms with Crippen molar-refractivity contribution >= 4 is 11.9 Å². The Labute approximate surface area is 105 Å². The summed E-state index contributed by atoms with van der Waals surface area (Å²) in [6.45, 7) is 2.37. The van der Waals surface area contributed by atoms with Crippen molar-refractivity contribution in [1.29, 1.82) is 0 Å². The van der Waals surface area contributed by atoms with E-state index in [2.05, 4.69) is 15.6 Å². The maximum absolute atomic E-state index is 11.6. The number of carboxylic acid groups (broad SMARTS) is 1. The highest BCUT2D eigenvalue weighted by atomic mass is 16.4. The maximum Gasteiger partial charge on any atom is 0.326 e. The Hall–Kier alpha value is -1.92. The van der Waals surface area contributed by atoms with Gasteiger partial charge < -0.3 is 10.4 Å². The van der Waals surface area contributed by atoms with Gasteiger partial charge in [-0.15, -0.1) is 5.10 Å². The molecule has 0 unspecified atom stereocenters. The minimum atomic E-state index is -0.988. The third-order valence-corrected chi connectivity index (χ3v) is 2.52. The lowest BCUT2D eigenvalue weighted by Crippen LogP contribution is -2.41. The van der Waals surface area contributed by atoms with E-state index in [0.29, 0.717) is 13.0 Å². The molecule has 18 heavy (non-hydrogen) atoms. The molecule has 0 aliphatic carbocycles. The summed E-state index contributed by atoms with van der Waals surface area (Å²) in [7, 11) is 0. The van der Waals surface area contributed by atoms with Crippen LogP contribution in [0.4, 0.5) is 0 Å². The Kier molecular flexibility index (Phi) is 5.83. The van der Waals surface area contributed by atoms with Gasteiger partial charge >= 0.3 is 5.97 Å². The van der Waals surface area contributed by atoms with Crippen LogP contribution in [-0.4, -0.2) is 38.0 Å². The number of aliphatic carboxylic acids is 1. The number of nitrogens with zero attached hydrogens (tertiary/aromatic N) is 3. The van der Waals surface area contributed by atoms with Gasteiger partial charge in [0.2, 0.25) is 5.91 Å². The summed E-state index contributed by atoms with van der Waals surface area (Å²) in [4.78, 5) is 22.5. The average Bonchev–Trinajstić information content (AvgIpc) is 2.84. The summed E-state index contributed by atoms with van der Waals surface area (Å²) in [6, 6.07) is -0.798. The number of hydrogen-bond donors (Lipinski definition) is 2. The van der Waals surface area contributed by atoms with Gasteiger partial charge in [-0.25, -0.2) is 4.79 Å². The third kappa shape index (κ3) is 4.94. The standard InChI is InChI=1S/C11H18N4O3/c1-2-3-4-9(11(17)18)13-10(16)5-7-15-8-6-12-14-15/h6,8-9H,2-5,7H2,1H3,(H,13,16)(H,17,18)/t9-/m0/s1. The molecule has 0 radical (unpaired) electrons. The number of unbranched alkanes of at least 4 members (excludes halogenated alkanes) is 1. The molecule has 0 aromatic carbocycles. The van der Waals surface area contributed by atoms with Crippen LogP contribution >= 0.6 is 0 Å². The van der Waals surface area contributed by atoms with E-state index in [1.807, 2.05) is 6.92 Å². The van der Waals surface area contributed by atoms with Crippen LogP contribution in [0, 0.1) is 0 Å². The smallest absolute Gasteiger partial charge is 0.326 e. The topological polar surface area (TPSA) is 97.1 Å². The zero-order valence-corrected chi connectivity index (χ0v) is 10.4. The van der Waals surface area contributed by atoms with Gasteiger partial charge in [0, 0.05) is 12.6 Å². The molecule has 1 amide bonds. The van der Waals surface area contributed by atoms with Crippen molar-refractivity contribution in [1.82, 2.24) is 20.3 Å². The number of nitrogens with one attached hydrogen (secondary N) is 1. The monoisotopic (exact) mass is 254 g/mol. The highest BCUT2D eigenvalue weighted by Crippen LogP contribution is 2.01. The van der Waals surface area contributed by atoms with Crippen LogP contribution in [0.3, 0.4) is 0 Å². The SMILES string of the molecule is CCCC[C@H](NC(=O)CCn1ccnn1)C(=O)O. The first-order chi connectivity index (χ1) is 8.63. The number of carbonyl (C=O) groups is 2. The zero-order chi connectivity index (χ0) is 13.4. The molecule has 0 bridgehead atoms. The van der Waals surface area contributed by atoms with Crippen LogP contribution in [0.15, 0.2) is 12.4 Å². The van der Waals surface area contributed by atoms with E-state index in [1.165, 1.54) is 10.9 Å². The summed E-state index contributed by atoms with van der Waals surface area (Å²) in [5.74, 6) is -1.27. The summed E-state index contributed by atoms with van der Waals surface area (Å²) < 4.78 is 1.53. The van der Waals surface area contributed by atoms with Crippen molar-refractivity contribution in [3.05, 3.63) is 12.4 Å². The van der Waals surface area contributed by atoms with Gasteiger partial charge in [0.05, 0.1) is 12.7 Å². The van der Waals surface area contributed by atoms with Crippen LogP contribution in [0.1, 0.15) is 32.6 Å². The Morgan fingerprint density at radius 3 is 2.83 bits per heavy atom. The number of aryl methyl sites for hydroxylation is 1. The molecule has 0 spiro atoms. The first-order valence-electron chi connectivity index (χ1n) is 5.99. The largest absolute Gasteiger partial charge is 0.480 e.